The maximum absolute atomic E-state index is 12.5. The van der Waals surface area contributed by atoms with E-state index in [0.717, 1.165) is 0 Å². The summed E-state index contributed by atoms with van der Waals surface area (Å²) in [4.78, 5) is 35.0. The Balaban J connectivity index is 1.70. The fourth-order valence-corrected chi connectivity index (χ4v) is 2.58. The fraction of sp³-hybridized carbons (Fsp3) is 0.0476. The minimum Gasteiger partial charge on any atom is -0.497 e. The van der Waals surface area contributed by atoms with Gasteiger partial charge in [0, 0.05) is 40.7 Å². The summed E-state index contributed by atoms with van der Waals surface area (Å²) in [6.07, 6.45) is 0. The molecule has 8 heteroatoms. The van der Waals surface area contributed by atoms with Crippen LogP contribution in [0, 0.1) is 10.1 Å². The molecule has 0 heterocycles. The zero-order valence-electron chi connectivity index (χ0n) is 15.4. The third-order valence-corrected chi connectivity index (χ3v) is 4.05. The molecule has 0 aliphatic carbocycles. The number of non-ortho nitro benzene ring substituents is 1. The molecule has 0 unspecified atom stereocenters. The number of nitro benzene ring substituents is 1. The van der Waals surface area contributed by atoms with E-state index in [4.69, 9.17) is 4.74 Å². The van der Waals surface area contributed by atoms with Gasteiger partial charge in [0.1, 0.15) is 5.75 Å². The van der Waals surface area contributed by atoms with E-state index in [1.165, 1.54) is 31.4 Å². The number of nitrogens with zero attached hydrogens (tertiary/aromatic N) is 1. The van der Waals surface area contributed by atoms with Gasteiger partial charge in [0.25, 0.3) is 17.5 Å². The zero-order valence-corrected chi connectivity index (χ0v) is 15.4. The average Bonchev–Trinajstić information content (AvgIpc) is 2.74. The fourth-order valence-electron chi connectivity index (χ4n) is 2.58. The molecule has 0 atom stereocenters. The zero-order chi connectivity index (χ0) is 20.8. The molecular weight excluding hydrogens is 374 g/mol. The van der Waals surface area contributed by atoms with Crippen LogP contribution >= 0.6 is 0 Å². The predicted octanol–water partition coefficient (Wildman–Crippen LogP) is 4.11. The average molecular weight is 391 g/mol. The number of amides is 2. The Morgan fingerprint density at radius 2 is 1.41 bits per heavy atom. The van der Waals surface area contributed by atoms with Crippen molar-refractivity contribution in [1.82, 2.24) is 0 Å². The van der Waals surface area contributed by atoms with E-state index in [2.05, 4.69) is 10.6 Å². The molecule has 2 amide bonds. The quantitative estimate of drug-likeness (QED) is 0.485. The van der Waals surface area contributed by atoms with Crippen LogP contribution in [-0.4, -0.2) is 23.8 Å². The van der Waals surface area contributed by atoms with E-state index < -0.39 is 10.8 Å². The Bertz CT molecular complexity index is 1060. The highest BCUT2D eigenvalue weighted by Crippen LogP contribution is 2.19. The molecule has 0 spiro atoms. The largest absolute Gasteiger partial charge is 0.497 e. The van der Waals surface area contributed by atoms with Crippen molar-refractivity contribution < 1.29 is 19.2 Å². The van der Waals surface area contributed by atoms with Gasteiger partial charge in [-0.05, 0) is 42.5 Å². The lowest BCUT2D eigenvalue weighted by Gasteiger charge is -2.09. The molecule has 146 valence electrons. The van der Waals surface area contributed by atoms with Crippen LogP contribution in [0.2, 0.25) is 0 Å². The molecule has 29 heavy (non-hydrogen) atoms. The van der Waals surface area contributed by atoms with Crippen molar-refractivity contribution in [3.63, 3.8) is 0 Å². The van der Waals surface area contributed by atoms with Crippen molar-refractivity contribution in [1.29, 1.82) is 0 Å². The van der Waals surface area contributed by atoms with Crippen LogP contribution < -0.4 is 15.4 Å². The Kier molecular flexibility index (Phi) is 5.84. The molecule has 0 saturated carbocycles. The SMILES string of the molecule is COc1cccc(NC(=O)c2cccc(NC(=O)c3ccc([N+](=O)[O-])cc3)c2)c1. The molecular formula is C21H17N3O5. The minimum absolute atomic E-state index is 0.0993. The number of nitrogens with one attached hydrogen (secondary N) is 2. The summed E-state index contributed by atoms with van der Waals surface area (Å²) in [5.74, 6) is -0.165. The number of anilines is 2. The third-order valence-electron chi connectivity index (χ3n) is 4.05. The lowest BCUT2D eigenvalue weighted by molar-refractivity contribution is -0.384. The normalized spacial score (nSPS) is 10.1. The van der Waals surface area contributed by atoms with Crippen LogP contribution in [0.1, 0.15) is 20.7 Å². The second-order valence-electron chi connectivity index (χ2n) is 6.02. The molecule has 3 aromatic carbocycles. The third kappa shape index (κ3) is 4.95. The lowest BCUT2D eigenvalue weighted by atomic mass is 10.1. The molecule has 0 saturated heterocycles. The van der Waals surface area contributed by atoms with Gasteiger partial charge in [-0.2, -0.15) is 0 Å². The van der Waals surface area contributed by atoms with Crippen LogP contribution in [-0.2, 0) is 0 Å². The van der Waals surface area contributed by atoms with E-state index in [1.807, 2.05) is 0 Å². The summed E-state index contributed by atoms with van der Waals surface area (Å²) < 4.78 is 5.13. The maximum Gasteiger partial charge on any atom is 0.269 e. The Labute approximate surface area is 166 Å². The first-order chi connectivity index (χ1) is 14.0. The molecule has 2 N–H and O–H groups in total. The van der Waals surface area contributed by atoms with Gasteiger partial charge in [-0.25, -0.2) is 0 Å². The van der Waals surface area contributed by atoms with Crippen molar-refractivity contribution in [3.05, 3.63) is 94.0 Å². The smallest absolute Gasteiger partial charge is 0.269 e. The predicted molar refractivity (Wildman–Crippen MR) is 108 cm³/mol. The molecule has 0 bridgehead atoms. The van der Waals surface area contributed by atoms with E-state index in [1.54, 1.807) is 48.5 Å². The van der Waals surface area contributed by atoms with Crippen LogP contribution in [0.15, 0.2) is 72.8 Å². The highest BCUT2D eigenvalue weighted by molar-refractivity contribution is 6.07. The van der Waals surface area contributed by atoms with E-state index in [0.29, 0.717) is 22.7 Å². The summed E-state index contributed by atoms with van der Waals surface area (Å²) in [6, 6.07) is 18.7. The lowest BCUT2D eigenvalue weighted by Crippen LogP contribution is -2.14. The molecule has 0 radical (unpaired) electrons. The summed E-state index contributed by atoms with van der Waals surface area (Å²) in [5, 5.41) is 16.1. The van der Waals surface area contributed by atoms with Crippen molar-refractivity contribution in [2.45, 2.75) is 0 Å². The number of rotatable bonds is 6. The summed E-state index contributed by atoms with van der Waals surface area (Å²) >= 11 is 0. The highest BCUT2D eigenvalue weighted by atomic mass is 16.6. The molecule has 0 fully saturated rings. The molecule has 3 aromatic rings. The van der Waals surface area contributed by atoms with Gasteiger partial charge in [-0.3, -0.25) is 19.7 Å². The maximum atomic E-state index is 12.5. The molecule has 0 aliphatic rings. The summed E-state index contributed by atoms with van der Waals surface area (Å²) in [6.45, 7) is 0. The highest BCUT2D eigenvalue weighted by Gasteiger charge is 2.12. The standard InChI is InChI=1S/C21H17N3O5/c1-29-19-7-3-6-17(13-19)23-21(26)15-4-2-5-16(12-15)22-20(25)14-8-10-18(11-9-14)24(27)28/h2-13H,1H3,(H,22,25)(H,23,26). The van der Waals surface area contributed by atoms with Crippen LogP contribution in [0.4, 0.5) is 17.1 Å². The number of benzene rings is 3. The number of carbonyl (C=O) groups excluding carboxylic acids is 2. The van der Waals surface area contributed by atoms with Gasteiger partial charge in [0.15, 0.2) is 0 Å². The number of methoxy groups -OCH3 is 1. The van der Waals surface area contributed by atoms with Crippen molar-refractivity contribution in [2.24, 2.45) is 0 Å². The van der Waals surface area contributed by atoms with Gasteiger partial charge in [-0.1, -0.05) is 12.1 Å². The van der Waals surface area contributed by atoms with Crippen molar-refractivity contribution in [3.8, 4) is 5.75 Å². The number of ether oxygens (including phenoxy) is 1. The monoisotopic (exact) mass is 391 g/mol. The topological polar surface area (TPSA) is 111 Å². The van der Waals surface area contributed by atoms with E-state index >= 15 is 0 Å². The minimum atomic E-state index is -0.536. The number of carbonyl (C=O) groups is 2. The van der Waals surface area contributed by atoms with Gasteiger partial charge < -0.3 is 15.4 Å². The first-order valence-corrected chi connectivity index (χ1v) is 8.57. The summed E-state index contributed by atoms with van der Waals surface area (Å²) in [7, 11) is 1.54. The van der Waals surface area contributed by atoms with Crippen molar-refractivity contribution in [2.75, 3.05) is 17.7 Å². The first kappa shape index (κ1) is 19.6. The number of hydrogen-bond donors (Lipinski definition) is 2. The molecule has 0 aliphatic heterocycles. The second-order valence-corrected chi connectivity index (χ2v) is 6.02. The number of hydrogen-bond acceptors (Lipinski definition) is 5. The van der Waals surface area contributed by atoms with Crippen LogP contribution in [0.5, 0.6) is 5.75 Å². The van der Waals surface area contributed by atoms with Gasteiger partial charge in [0.05, 0.1) is 12.0 Å². The van der Waals surface area contributed by atoms with Gasteiger partial charge in [-0.15, -0.1) is 0 Å². The number of nitro groups is 1. The summed E-state index contributed by atoms with van der Waals surface area (Å²) in [5.41, 5.74) is 1.52. The molecule has 3 rings (SSSR count). The Hall–Kier alpha value is -4.20. The van der Waals surface area contributed by atoms with Gasteiger partial charge >= 0.3 is 0 Å². The Morgan fingerprint density at radius 1 is 0.828 bits per heavy atom. The van der Waals surface area contributed by atoms with Crippen LogP contribution in [0.3, 0.4) is 0 Å². The van der Waals surface area contributed by atoms with Crippen molar-refractivity contribution >= 4 is 28.9 Å². The van der Waals surface area contributed by atoms with E-state index in [-0.39, 0.29) is 17.2 Å². The van der Waals surface area contributed by atoms with Gasteiger partial charge in [0.2, 0.25) is 0 Å². The van der Waals surface area contributed by atoms with E-state index in [9.17, 15) is 19.7 Å². The second kappa shape index (κ2) is 8.66. The van der Waals surface area contributed by atoms with Crippen LogP contribution in [0.25, 0.3) is 0 Å². The molecule has 0 aromatic heterocycles. The first-order valence-electron chi connectivity index (χ1n) is 8.57. The Morgan fingerprint density at radius 3 is 2.03 bits per heavy atom. The molecule has 8 nitrogen and oxygen atoms in total.